The van der Waals surface area contributed by atoms with Gasteiger partial charge in [0.1, 0.15) is 5.76 Å². The summed E-state index contributed by atoms with van der Waals surface area (Å²) in [6.07, 6.45) is 3.88. The number of nitrogens with one attached hydrogen (secondary N) is 1. The third-order valence-corrected chi connectivity index (χ3v) is 6.35. The number of H-pyrrole nitrogens is 1. The van der Waals surface area contributed by atoms with E-state index < -0.39 is 0 Å². The molecule has 4 aromatic rings. The van der Waals surface area contributed by atoms with Crippen LogP contribution in [0.1, 0.15) is 41.1 Å². The van der Waals surface area contributed by atoms with Gasteiger partial charge in [-0.25, -0.2) is 4.68 Å². The van der Waals surface area contributed by atoms with Crippen molar-refractivity contribution in [3.63, 3.8) is 0 Å². The Balaban J connectivity index is 1.42. The number of aromatic nitrogens is 5. The third kappa shape index (κ3) is 4.74. The zero-order chi connectivity index (χ0) is 22.8. The average Bonchev–Trinajstić information content (AvgIpc) is 3.57. The van der Waals surface area contributed by atoms with Crippen molar-refractivity contribution in [2.75, 3.05) is 6.61 Å². The number of tetrazole rings is 1. The molecule has 9 nitrogen and oxygen atoms in total. The summed E-state index contributed by atoms with van der Waals surface area (Å²) in [6.45, 7) is 6.95. The summed E-state index contributed by atoms with van der Waals surface area (Å²) in [4.78, 5) is 18.2. The van der Waals surface area contributed by atoms with Gasteiger partial charge in [0.2, 0.25) is 0 Å². The van der Waals surface area contributed by atoms with Crippen LogP contribution in [0.15, 0.2) is 45.8 Å². The van der Waals surface area contributed by atoms with Crippen molar-refractivity contribution in [1.29, 1.82) is 0 Å². The summed E-state index contributed by atoms with van der Waals surface area (Å²) in [5.74, 6) is 1.55. The highest BCUT2D eigenvalue weighted by atomic mass is 16.5. The second-order valence-electron chi connectivity index (χ2n) is 8.73. The summed E-state index contributed by atoms with van der Waals surface area (Å²) < 4.78 is 13.1. The molecule has 1 saturated heterocycles. The number of aromatic amines is 1. The van der Waals surface area contributed by atoms with E-state index in [2.05, 4.69) is 37.5 Å². The molecule has 0 spiro atoms. The number of fused-ring (bicyclic) bond motifs is 1. The van der Waals surface area contributed by atoms with Gasteiger partial charge in [-0.3, -0.25) is 9.69 Å². The number of pyridine rings is 1. The molecule has 4 heterocycles. The second-order valence-corrected chi connectivity index (χ2v) is 8.73. The Morgan fingerprint density at radius 3 is 2.91 bits per heavy atom. The summed E-state index contributed by atoms with van der Waals surface area (Å²) in [5.41, 5.74) is 3.75. The van der Waals surface area contributed by atoms with Crippen LogP contribution in [-0.2, 0) is 30.9 Å². The van der Waals surface area contributed by atoms with Gasteiger partial charge in [0.05, 0.1) is 37.5 Å². The first kappa shape index (κ1) is 21.5. The molecule has 1 aromatic carbocycles. The highest BCUT2D eigenvalue weighted by Crippen LogP contribution is 2.20. The fraction of sp³-hybridized carbons (Fsp3) is 0.417. The van der Waals surface area contributed by atoms with Crippen LogP contribution in [0.2, 0.25) is 0 Å². The minimum absolute atomic E-state index is 0.0837. The van der Waals surface area contributed by atoms with Crippen LogP contribution < -0.4 is 5.56 Å². The van der Waals surface area contributed by atoms with Crippen LogP contribution in [0.5, 0.6) is 0 Å². The van der Waals surface area contributed by atoms with Crippen molar-refractivity contribution >= 4 is 10.9 Å². The topological polar surface area (TPSA) is 102 Å². The molecule has 1 aliphatic rings. The maximum Gasteiger partial charge on any atom is 0.252 e. The van der Waals surface area contributed by atoms with Gasteiger partial charge >= 0.3 is 0 Å². The van der Waals surface area contributed by atoms with E-state index in [4.69, 9.17) is 9.15 Å². The molecule has 9 heteroatoms. The van der Waals surface area contributed by atoms with Crippen molar-refractivity contribution in [3.05, 3.63) is 75.2 Å². The molecular weight excluding hydrogens is 420 g/mol. The first-order valence-corrected chi connectivity index (χ1v) is 11.3. The van der Waals surface area contributed by atoms with E-state index in [1.54, 1.807) is 6.26 Å². The van der Waals surface area contributed by atoms with Crippen LogP contribution in [0, 0.1) is 13.8 Å². The molecule has 5 rings (SSSR count). The molecular formula is C24H28N6O3. The molecule has 0 aliphatic carbocycles. The van der Waals surface area contributed by atoms with E-state index in [9.17, 15) is 4.79 Å². The zero-order valence-corrected chi connectivity index (χ0v) is 19.0. The minimum Gasteiger partial charge on any atom is -0.468 e. The largest absolute Gasteiger partial charge is 0.468 e. The zero-order valence-electron chi connectivity index (χ0n) is 19.0. The van der Waals surface area contributed by atoms with Crippen molar-refractivity contribution in [1.82, 2.24) is 30.1 Å². The van der Waals surface area contributed by atoms with Gasteiger partial charge in [-0.15, -0.1) is 5.10 Å². The quantitative estimate of drug-likeness (QED) is 0.442. The first-order chi connectivity index (χ1) is 16.1. The van der Waals surface area contributed by atoms with E-state index in [0.717, 1.165) is 53.1 Å². The molecule has 0 amide bonds. The lowest BCUT2D eigenvalue weighted by molar-refractivity contribution is 0.0913. The molecule has 0 bridgehead atoms. The Morgan fingerprint density at radius 1 is 1.21 bits per heavy atom. The maximum absolute atomic E-state index is 13.0. The minimum atomic E-state index is -0.0837. The molecule has 0 radical (unpaired) electrons. The normalized spacial score (nSPS) is 16.3. The predicted octanol–water partition coefficient (Wildman–Crippen LogP) is 3.11. The number of furan rings is 1. The lowest BCUT2D eigenvalue weighted by atomic mass is 10.0. The number of hydrogen-bond donors (Lipinski definition) is 1. The standard InChI is InChI=1S/C24H28N6O3/c1-16-7-8-18-11-19(24(31)25-23(18)17(16)2)12-29(13-20-5-3-9-32-20)15-22-26-27-28-30(22)14-21-6-4-10-33-21/h3,5,7-9,11,21H,4,6,10,12-15H2,1-2H3,(H,25,31)/t21-/m0/s1. The molecule has 1 aliphatic heterocycles. The lowest BCUT2D eigenvalue weighted by Gasteiger charge is -2.21. The molecule has 3 aromatic heterocycles. The second kappa shape index (κ2) is 9.29. The van der Waals surface area contributed by atoms with Crippen molar-refractivity contribution in [3.8, 4) is 0 Å². The Kier molecular flexibility index (Phi) is 6.06. The van der Waals surface area contributed by atoms with Crippen molar-refractivity contribution in [2.45, 2.75) is 59.0 Å². The Morgan fingerprint density at radius 2 is 2.12 bits per heavy atom. The molecule has 1 fully saturated rings. The van der Waals surface area contributed by atoms with E-state index in [0.29, 0.717) is 31.7 Å². The van der Waals surface area contributed by atoms with Crippen molar-refractivity contribution in [2.24, 2.45) is 0 Å². The molecule has 0 saturated carbocycles. The number of aryl methyl sites for hydroxylation is 2. The number of hydrogen-bond acceptors (Lipinski definition) is 7. The average molecular weight is 449 g/mol. The van der Waals surface area contributed by atoms with E-state index in [-0.39, 0.29) is 11.7 Å². The van der Waals surface area contributed by atoms with Crippen molar-refractivity contribution < 1.29 is 9.15 Å². The number of nitrogens with zero attached hydrogens (tertiary/aromatic N) is 5. The molecule has 172 valence electrons. The van der Waals surface area contributed by atoms with Crippen LogP contribution in [0.25, 0.3) is 10.9 Å². The number of benzene rings is 1. The third-order valence-electron chi connectivity index (χ3n) is 6.35. The highest BCUT2D eigenvalue weighted by molar-refractivity contribution is 5.83. The fourth-order valence-electron chi connectivity index (χ4n) is 4.38. The van der Waals surface area contributed by atoms with Crippen LogP contribution in [-0.4, -0.2) is 42.8 Å². The summed E-state index contributed by atoms with van der Waals surface area (Å²) in [6, 6.07) is 9.91. The van der Waals surface area contributed by atoms with Gasteiger partial charge in [0, 0.05) is 18.7 Å². The maximum atomic E-state index is 13.0. The smallest absolute Gasteiger partial charge is 0.252 e. The van der Waals surface area contributed by atoms with Crippen LogP contribution in [0.4, 0.5) is 0 Å². The molecule has 0 unspecified atom stereocenters. The Hall–Kier alpha value is -3.30. The van der Waals surface area contributed by atoms with E-state index in [1.807, 2.05) is 36.7 Å². The van der Waals surface area contributed by atoms with Gasteiger partial charge < -0.3 is 14.1 Å². The predicted molar refractivity (Wildman–Crippen MR) is 122 cm³/mol. The number of ether oxygens (including phenoxy) is 1. The lowest BCUT2D eigenvalue weighted by Crippen LogP contribution is -2.28. The van der Waals surface area contributed by atoms with Gasteiger partial charge in [-0.05, 0) is 71.8 Å². The fourth-order valence-corrected chi connectivity index (χ4v) is 4.38. The van der Waals surface area contributed by atoms with Gasteiger partial charge in [0.15, 0.2) is 5.82 Å². The van der Waals surface area contributed by atoms with Gasteiger partial charge in [-0.2, -0.15) is 0 Å². The van der Waals surface area contributed by atoms with E-state index in [1.165, 1.54) is 0 Å². The molecule has 1 atom stereocenters. The highest BCUT2D eigenvalue weighted by Gasteiger charge is 2.21. The monoisotopic (exact) mass is 448 g/mol. The van der Waals surface area contributed by atoms with E-state index >= 15 is 0 Å². The summed E-state index contributed by atoms with van der Waals surface area (Å²) in [5, 5.41) is 13.3. The Bertz CT molecular complexity index is 1290. The summed E-state index contributed by atoms with van der Waals surface area (Å²) in [7, 11) is 0. The van der Waals surface area contributed by atoms with Crippen LogP contribution in [0.3, 0.4) is 0 Å². The molecule has 1 N–H and O–H groups in total. The summed E-state index contributed by atoms with van der Waals surface area (Å²) >= 11 is 0. The van der Waals surface area contributed by atoms with Gasteiger partial charge in [-0.1, -0.05) is 12.1 Å². The first-order valence-electron chi connectivity index (χ1n) is 11.3. The number of rotatable bonds is 8. The van der Waals surface area contributed by atoms with Gasteiger partial charge in [0.25, 0.3) is 5.56 Å². The van der Waals surface area contributed by atoms with Crippen LogP contribution >= 0.6 is 0 Å². The molecule has 33 heavy (non-hydrogen) atoms. The Labute approximate surface area is 191 Å². The SMILES string of the molecule is Cc1ccc2cc(CN(Cc3ccco3)Cc3nnnn3C[C@@H]3CCCO3)c(=O)[nH]c2c1C.